The van der Waals surface area contributed by atoms with Gasteiger partial charge < -0.3 is 5.32 Å². The maximum Gasteiger partial charge on any atom is 0.266 e. The lowest BCUT2D eigenvalue weighted by Gasteiger charge is -2.26. The molecule has 4 rings (SSSR count). The van der Waals surface area contributed by atoms with Crippen LogP contribution in [-0.4, -0.2) is 27.6 Å². The Morgan fingerprint density at radius 2 is 2.00 bits per heavy atom. The minimum Gasteiger partial charge on any atom is -0.349 e. The first-order valence-corrected chi connectivity index (χ1v) is 11.1. The molecule has 1 aliphatic heterocycles. The number of amides is 2. The van der Waals surface area contributed by atoms with E-state index in [2.05, 4.69) is 17.4 Å². The van der Waals surface area contributed by atoms with E-state index in [1.54, 1.807) is 18.2 Å². The summed E-state index contributed by atoms with van der Waals surface area (Å²) in [5.41, 5.74) is 3.20. The van der Waals surface area contributed by atoms with E-state index in [0.29, 0.717) is 9.23 Å². The van der Waals surface area contributed by atoms with E-state index < -0.39 is 0 Å². The van der Waals surface area contributed by atoms with E-state index in [1.807, 2.05) is 12.1 Å². The molecule has 0 bridgehead atoms. The van der Waals surface area contributed by atoms with Crippen LogP contribution in [0.5, 0.6) is 0 Å². The molecule has 2 aliphatic rings. The van der Waals surface area contributed by atoms with Gasteiger partial charge in [0.2, 0.25) is 5.91 Å². The maximum absolute atomic E-state index is 13.1. The number of nitrogens with zero attached hydrogens (tertiary/aromatic N) is 1. The number of benzene rings is 2. The largest absolute Gasteiger partial charge is 0.349 e. The Morgan fingerprint density at radius 3 is 2.80 bits per heavy atom. The summed E-state index contributed by atoms with van der Waals surface area (Å²) in [5, 5.41) is 3.11. The highest BCUT2D eigenvalue weighted by molar-refractivity contribution is 8.26. The quantitative estimate of drug-likeness (QED) is 0.545. The average Bonchev–Trinajstić information content (AvgIpc) is 3.01. The van der Waals surface area contributed by atoms with Crippen molar-refractivity contribution in [3.63, 3.8) is 0 Å². The monoisotopic (exact) mass is 440 g/mol. The van der Waals surface area contributed by atoms with E-state index in [9.17, 15) is 14.0 Å². The van der Waals surface area contributed by atoms with Gasteiger partial charge in [0.15, 0.2) is 0 Å². The molecule has 4 nitrogen and oxygen atoms in total. The summed E-state index contributed by atoms with van der Waals surface area (Å²) >= 11 is 6.53. The zero-order valence-electron chi connectivity index (χ0n) is 16.3. The first-order valence-electron chi connectivity index (χ1n) is 9.89. The molecule has 0 aromatic heterocycles. The summed E-state index contributed by atoms with van der Waals surface area (Å²) < 4.78 is 13.5. The number of fused-ring (bicyclic) bond motifs is 1. The van der Waals surface area contributed by atoms with Gasteiger partial charge in [-0.15, -0.1) is 0 Å². The summed E-state index contributed by atoms with van der Waals surface area (Å²) in [5.74, 6) is -0.635. The van der Waals surface area contributed by atoms with Crippen LogP contribution in [0, 0.1) is 5.82 Å². The van der Waals surface area contributed by atoms with Gasteiger partial charge in [-0.2, -0.15) is 0 Å². The summed E-state index contributed by atoms with van der Waals surface area (Å²) in [4.78, 5) is 27.2. The fourth-order valence-corrected chi connectivity index (χ4v) is 5.10. The van der Waals surface area contributed by atoms with Gasteiger partial charge >= 0.3 is 0 Å². The SMILES string of the molecule is O=C(CCN1C(=O)C(=Cc2ccc(F)cc2)SC1=S)NC1CCCc2ccccc21. The third kappa shape index (κ3) is 4.63. The molecule has 1 N–H and O–H groups in total. The van der Waals surface area contributed by atoms with Crippen molar-refractivity contribution in [3.05, 3.63) is 75.9 Å². The highest BCUT2D eigenvalue weighted by atomic mass is 32.2. The lowest BCUT2D eigenvalue weighted by molar-refractivity contribution is -0.124. The molecule has 2 aromatic rings. The Kier molecular flexibility index (Phi) is 6.29. The zero-order valence-corrected chi connectivity index (χ0v) is 17.9. The van der Waals surface area contributed by atoms with Crippen LogP contribution in [0.1, 0.15) is 42.0 Å². The molecule has 154 valence electrons. The van der Waals surface area contributed by atoms with Gasteiger partial charge in [-0.05, 0) is 54.2 Å². The third-order valence-electron chi connectivity index (χ3n) is 5.31. The van der Waals surface area contributed by atoms with Crippen LogP contribution < -0.4 is 5.32 Å². The van der Waals surface area contributed by atoms with E-state index in [0.717, 1.165) is 24.8 Å². The highest BCUT2D eigenvalue weighted by Crippen LogP contribution is 2.33. The molecule has 0 spiro atoms. The molecule has 0 saturated carbocycles. The molecule has 1 saturated heterocycles. The Morgan fingerprint density at radius 1 is 1.23 bits per heavy atom. The third-order valence-corrected chi connectivity index (χ3v) is 6.69. The molecule has 1 atom stereocenters. The Hall–Kier alpha value is -2.51. The van der Waals surface area contributed by atoms with E-state index in [1.165, 1.54) is 39.9 Å². The molecule has 1 aliphatic carbocycles. The Labute approximate surface area is 184 Å². The minimum absolute atomic E-state index is 0.0204. The average molecular weight is 441 g/mol. The molecule has 1 unspecified atom stereocenters. The van der Waals surface area contributed by atoms with E-state index in [4.69, 9.17) is 12.2 Å². The van der Waals surface area contributed by atoms with Crippen molar-refractivity contribution < 1.29 is 14.0 Å². The van der Waals surface area contributed by atoms with Crippen LogP contribution >= 0.6 is 24.0 Å². The molecule has 0 radical (unpaired) electrons. The molecular weight excluding hydrogens is 419 g/mol. The smallest absolute Gasteiger partial charge is 0.266 e. The molecule has 30 heavy (non-hydrogen) atoms. The standard InChI is InChI=1S/C23H21FN2O2S2/c24-17-10-8-15(9-11-17)14-20-22(28)26(23(29)30-20)13-12-21(27)25-19-7-3-5-16-4-1-2-6-18(16)19/h1-2,4,6,8-11,14,19H,3,5,7,12-13H2,(H,25,27). The van der Waals surface area contributed by atoms with Crippen LogP contribution in [0.3, 0.4) is 0 Å². The first kappa shape index (κ1) is 20.8. The van der Waals surface area contributed by atoms with Gasteiger partial charge in [0.1, 0.15) is 10.1 Å². The van der Waals surface area contributed by atoms with Crippen molar-refractivity contribution in [2.75, 3.05) is 6.54 Å². The summed E-state index contributed by atoms with van der Waals surface area (Å²) in [6.07, 6.45) is 4.89. The van der Waals surface area contributed by atoms with Crippen LogP contribution in [-0.2, 0) is 16.0 Å². The second-order valence-corrected chi connectivity index (χ2v) is 9.02. The van der Waals surface area contributed by atoms with Gasteiger partial charge in [-0.1, -0.05) is 60.4 Å². The van der Waals surface area contributed by atoms with Crippen LogP contribution in [0.4, 0.5) is 4.39 Å². The number of thioether (sulfide) groups is 1. The van der Waals surface area contributed by atoms with Crippen molar-refractivity contribution in [1.82, 2.24) is 10.2 Å². The van der Waals surface area contributed by atoms with Crippen molar-refractivity contribution in [3.8, 4) is 0 Å². The fraction of sp³-hybridized carbons (Fsp3) is 0.261. The minimum atomic E-state index is -0.327. The molecule has 1 heterocycles. The van der Waals surface area contributed by atoms with Gasteiger partial charge in [-0.3, -0.25) is 14.5 Å². The molecular formula is C23H21FN2O2S2. The first-order chi connectivity index (χ1) is 14.5. The fourth-order valence-electron chi connectivity index (χ4n) is 3.79. The number of halogens is 1. The van der Waals surface area contributed by atoms with Crippen molar-refractivity contribution >= 4 is 46.2 Å². The summed E-state index contributed by atoms with van der Waals surface area (Å²) in [7, 11) is 0. The number of carbonyl (C=O) groups excluding carboxylic acids is 2. The number of thiocarbonyl (C=S) groups is 1. The van der Waals surface area contributed by atoms with Gasteiger partial charge in [0.05, 0.1) is 10.9 Å². The summed E-state index contributed by atoms with van der Waals surface area (Å²) in [6, 6.07) is 14.1. The van der Waals surface area contributed by atoms with Crippen molar-refractivity contribution in [1.29, 1.82) is 0 Å². The predicted octanol–water partition coefficient (Wildman–Crippen LogP) is 4.61. The molecule has 7 heteroatoms. The number of hydrogen-bond donors (Lipinski definition) is 1. The topological polar surface area (TPSA) is 49.4 Å². The maximum atomic E-state index is 13.1. The Balaban J connectivity index is 1.36. The molecule has 2 amide bonds. The lowest BCUT2D eigenvalue weighted by atomic mass is 9.87. The number of carbonyl (C=O) groups is 2. The normalized spacial score (nSPS) is 19.8. The Bertz CT molecular complexity index is 1020. The van der Waals surface area contributed by atoms with E-state index in [-0.39, 0.29) is 36.6 Å². The van der Waals surface area contributed by atoms with E-state index >= 15 is 0 Å². The van der Waals surface area contributed by atoms with Gasteiger partial charge in [-0.25, -0.2) is 4.39 Å². The van der Waals surface area contributed by atoms with Crippen LogP contribution in [0.25, 0.3) is 6.08 Å². The number of hydrogen-bond acceptors (Lipinski definition) is 4. The molecule has 1 fully saturated rings. The van der Waals surface area contributed by atoms with Crippen molar-refractivity contribution in [2.45, 2.75) is 31.7 Å². The summed E-state index contributed by atoms with van der Waals surface area (Å²) in [6.45, 7) is 0.242. The van der Waals surface area contributed by atoms with Gasteiger partial charge in [0, 0.05) is 13.0 Å². The number of aryl methyl sites for hydroxylation is 1. The second-order valence-electron chi connectivity index (χ2n) is 7.35. The zero-order chi connectivity index (χ0) is 21.1. The van der Waals surface area contributed by atoms with Crippen molar-refractivity contribution in [2.24, 2.45) is 0 Å². The highest BCUT2D eigenvalue weighted by Gasteiger charge is 2.32. The van der Waals surface area contributed by atoms with Gasteiger partial charge in [0.25, 0.3) is 5.91 Å². The molecule has 2 aromatic carbocycles. The lowest BCUT2D eigenvalue weighted by Crippen LogP contribution is -2.35. The number of nitrogens with one attached hydrogen (secondary N) is 1. The van der Waals surface area contributed by atoms with Crippen LogP contribution in [0.2, 0.25) is 0 Å². The second kappa shape index (κ2) is 9.10. The number of rotatable bonds is 5. The predicted molar refractivity (Wildman–Crippen MR) is 121 cm³/mol. The van der Waals surface area contributed by atoms with Crippen LogP contribution in [0.15, 0.2) is 53.4 Å².